The fraction of sp³-hybridized carbons (Fsp3) is 0.0571. The second kappa shape index (κ2) is 8.31. The molecule has 5 aromatic carbocycles. The van der Waals surface area contributed by atoms with Crippen molar-refractivity contribution in [2.24, 2.45) is 0 Å². The molecule has 0 fully saturated rings. The van der Waals surface area contributed by atoms with Gasteiger partial charge in [0.15, 0.2) is 11.6 Å². The summed E-state index contributed by atoms with van der Waals surface area (Å²) < 4.78 is 4.93. The molecule has 0 bridgehead atoms. The minimum absolute atomic E-state index is 0.653. The van der Waals surface area contributed by atoms with Crippen molar-refractivity contribution < 1.29 is 0 Å². The van der Waals surface area contributed by atoms with E-state index >= 15 is 0 Å². The molecule has 4 nitrogen and oxygen atoms in total. The predicted molar refractivity (Wildman–Crippen MR) is 165 cm³/mol. The summed E-state index contributed by atoms with van der Waals surface area (Å²) in [6, 6.07) is 38.3. The molecule has 5 heteroatoms. The summed E-state index contributed by atoms with van der Waals surface area (Å²) in [7, 11) is 0. The van der Waals surface area contributed by atoms with Gasteiger partial charge in [-0.15, -0.1) is 11.3 Å². The molecule has 0 saturated heterocycles. The number of hydrogen-bond acceptors (Lipinski definition) is 4. The van der Waals surface area contributed by atoms with Crippen molar-refractivity contribution in [2.75, 3.05) is 0 Å². The van der Waals surface area contributed by atoms with Gasteiger partial charge < -0.3 is 0 Å². The maximum atomic E-state index is 5.17. The summed E-state index contributed by atoms with van der Waals surface area (Å²) in [4.78, 5) is 15.3. The van der Waals surface area contributed by atoms with Gasteiger partial charge >= 0.3 is 0 Å². The molecule has 188 valence electrons. The first-order valence-corrected chi connectivity index (χ1v) is 14.4. The molecule has 8 aromatic rings. The molecular weight excluding hydrogens is 508 g/mol. The van der Waals surface area contributed by atoms with E-state index in [1.54, 1.807) is 0 Å². The lowest BCUT2D eigenvalue weighted by Gasteiger charge is -2.13. The Bertz CT molecular complexity index is 2210. The van der Waals surface area contributed by atoms with Crippen molar-refractivity contribution in [3.63, 3.8) is 0 Å². The Kier molecular flexibility index (Phi) is 4.57. The molecular formula is C35H22N4S. The maximum Gasteiger partial charge on any atom is 0.238 e. The fourth-order valence-corrected chi connectivity index (χ4v) is 7.56. The molecule has 0 spiro atoms. The summed E-state index contributed by atoms with van der Waals surface area (Å²) in [5, 5.41) is 5.24. The van der Waals surface area contributed by atoms with Gasteiger partial charge in [-0.25, -0.2) is 4.98 Å². The largest absolute Gasteiger partial charge is 0.277 e. The van der Waals surface area contributed by atoms with Gasteiger partial charge in [-0.3, -0.25) is 4.57 Å². The van der Waals surface area contributed by atoms with Crippen molar-refractivity contribution in [1.82, 2.24) is 19.5 Å². The molecule has 0 N–H and O–H groups in total. The number of thiophene rings is 1. The molecule has 0 amide bonds. The van der Waals surface area contributed by atoms with E-state index in [0.717, 1.165) is 29.5 Å². The van der Waals surface area contributed by atoms with Crippen LogP contribution in [0.2, 0.25) is 0 Å². The lowest BCUT2D eigenvalue weighted by Crippen LogP contribution is -2.06. The Labute approximate surface area is 234 Å². The normalized spacial score (nSPS) is 12.8. The van der Waals surface area contributed by atoms with Crippen LogP contribution in [-0.2, 0) is 12.8 Å². The lowest BCUT2D eigenvalue weighted by atomic mass is 9.90. The zero-order chi connectivity index (χ0) is 26.2. The van der Waals surface area contributed by atoms with Crippen LogP contribution < -0.4 is 0 Å². The van der Waals surface area contributed by atoms with Crippen LogP contribution in [0.5, 0.6) is 0 Å². The zero-order valence-electron chi connectivity index (χ0n) is 21.5. The van der Waals surface area contributed by atoms with Gasteiger partial charge in [0.25, 0.3) is 0 Å². The van der Waals surface area contributed by atoms with E-state index < -0.39 is 0 Å². The highest BCUT2D eigenvalue weighted by atomic mass is 32.1. The average molecular weight is 531 g/mol. The zero-order valence-corrected chi connectivity index (χ0v) is 22.3. The monoisotopic (exact) mass is 530 g/mol. The molecule has 0 atom stereocenters. The molecule has 40 heavy (non-hydrogen) atoms. The van der Waals surface area contributed by atoms with Gasteiger partial charge in [-0.05, 0) is 42.2 Å². The summed E-state index contributed by atoms with van der Waals surface area (Å²) in [6.45, 7) is 0. The first-order valence-electron chi connectivity index (χ1n) is 13.6. The van der Waals surface area contributed by atoms with E-state index in [-0.39, 0.29) is 0 Å². The molecule has 3 aromatic heterocycles. The maximum absolute atomic E-state index is 5.17. The van der Waals surface area contributed by atoms with Crippen molar-refractivity contribution in [2.45, 2.75) is 12.8 Å². The molecule has 1 aliphatic rings. The smallest absolute Gasteiger partial charge is 0.238 e. The number of fused-ring (bicyclic) bond motifs is 4. The second-order valence-electron chi connectivity index (χ2n) is 10.4. The van der Waals surface area contributed by atoms with E-state index in [1.165, 1.54) is 47.6 Å². The molecule has 0 radical (unpaired) electrons. The topological polar surface area (TPSA) is 43.6 Å². The van der Waals surface area contributed by atoms with Gasteiger partial charge in [-0.2, -0.15) is 9.97 Å². The first kappa shape index (κ1) is 22.0. The lowest BCUT2D eigenvalue weighted by molar-refractivity contribution is 0.955. The third-order valence-electron chi connectivity index (χ3n) is 8.12. The van der Waals surface area contributed by atoms with Gasteiger partial charge in [0, 0.05) is 42.1 Å². The highest BCUT2D eigenvalue weighted by molar-refractivity contribution is 7.26. The van der Waals surface area contributed by atoms with Crippen molar-refractivity contribution in [1.29, 1.82) is 0 Å². The number of hydrogen-bond donors (Lipinski definition) is 0. The Morgan fingerprint density at radius 2 is 1.23 bits per heavy atom. The van der Waals surface area contributed by atoms with E-state index in [1.807, 2.05) is 47.7 Å². The van der Waals surface area contributed by atoms with Gasteiger partial charge in [0.2, 0.25) is 5.95 Å². The van der Waals surface area contributed by atoms with Gasteiger partial charge in [0.1, 0.15) is 0 Å². The van der Waals surface area contributed by atoms with Crippen LogP contribution in [-0.4, -0.2) is 19.5 Å². The van der Waals surface area contributed by atoms with E-state index in [4.69, 9.17) is 15.0 Å². The Morgan fingerprint density at radius 1 is 0.550 bits per heavy atom. The summed E-state index contributed by atoms with van der Waals surface area (Å²) in [5.74, 6) is 2.00. The van der Waals surface area contributed by atoms with Crippen LogP contribution in [0.25, 0.3) is 70.7 Å². The van der Waals surface area contributed by atoms with Crippen LogP contribution in [0.15, 0.2) is 109 Å². The number of aryl methyl sites for hydroxylation is 2. The van der Waals surface area contributed by atoms with Crippen molar-refractivity contribution in [3.05, 3.63) is 120 Å². The minimum Gasteiger partial charge on any atom is -0.277 e. The number of aromatic nitrogens is 4. The molecule has 0 aliphatic heterocycles. The van der Waals surface area contributed by atoms with Crippen LogP contribution in [0.1, 0.15) is 11.1 Å². The molecule has 0 unspecified atom stereocenters. The second-order valence-corrected chi connectivity index (χ2v) is 11.5. The van der Waals surface area contributed by atoms with Crippen LogP contribution >= 0.6 is 11.3 Å². The average Bonchev–Trinajstić information content (AvgIpc) is 3.57. The van der Waals surface area contributed by atoms with E-state index in [2.05, 4.69) is 77.4 Å². The molecule has 3 heterocycles. The summed E-state index contributed by atoms with van der Waals surface area (Å²) in [5.41, 5.74) is 7.11. The fourth-order valence-electron chi connectivity index (χ4n) is 6.38. The Morgan fingerprint density at radius 3 is 1.98 bits per heavy atom. The predicted octanol–water partition coefficient (Wildman–Crippen LogP) is 8.77. The van der Waals surface area contributed by atoms with Crippen molar-refractivity contribution in [3.8, 4) is 28.7 Å². The Hall–Kier alpha value is -4.87. The van der Waals surface area contributed by atoms with Crippen LogP contribution in [0, 0.1) is 0 Å². The standard InChI is InChI=1S/C35H22N4S/c1-3-10-22(11-4-1)33-36-34(23-12-5-2-6-13-23)38-35(37-33)39-26-16-9-14-21-18-19-24-20-28-31(32(39)30(24)29(21)26)25-15-7-8-17-27(25)40-28/h1-17,20H,18-19H2. The number of rotatable bonds is 3. The third kappa shape index (κ3) is 3.09. The highest BCUT2D eigenvalue weighted by Crippen LogP contribution is 2.47. The van der Waals surface area contributed by atoms with E-state index in [0.29, 0.717) is 17.6 Å². The minimum atomic E-state index is 0.653. The quantitative estimate of drug-likeness (QED) is 0.229. The summed E-state index contributed by atoms with van der Waals surface area (Å²) in [6.07, 6.45) is 2.08. The van der Waals surface area contributed by atoms with Gasteiger partial charge in [0.05, 0.1) is 11.0 Å². The highest BCUT2D eigenvalue weighted by Gasteiger charge is 2.26. The summed E-state index contributed by atoms with van der Waals surface area (Å²) >= 11 is 1.87. The number of benzene rings is 5. The van der Waals surface area contributed by atoms with Gasteiger partial charge in [-0.1, -0.05) is 91.0 Å². The molecule has 0 saturated carbocycles. The van der Waals surface area contributed by atoms with Crippen LogP contribution in [0.4, 0.5) is 0 Å². The van der Waals surface area contributed by atoms with E-state index in [9.17, 15) is 0 Å². The third-order valence-corrected chi connectivity index (χ3v) is 9.24. The molecule has 1 aliphatic carbocycles. The van der Waals surface area contributed by atoms with Crippen LogP contribution in [0.3, 0.4) is 0 Å². The molecule has 9 rings (SSSR count). The van der Waals surface area contributed by atoms with Crippen molar-refractivity contribution >= 4 is 53.3 Å². The SMILES string of the molecule is c1ccc(-c2nc(-c3ccccc3)nc(-n3c4cccc5c4c4c(cc6sc7ccccc7c6c43)CC5)n2)cc1. The first-order chi connectivity index (χ1) is 19.8. The Balaban J connectivity index is 1.48. The number of nitrogens with zero attached hydrogens (tertiary/aromatic N) is 4.